The summed E-state index contributed by atoms with van der Waals surface area (Å²) in [5.74, 6) is 2.35. The summed E-state index contributed by atoms with van der Waals surface area (Å²) in [4.78, 5) is 12.3. The molecule has 1 fully saturated rings. The fraction of sp³-hybridized carbons (Fsp3) is 0.857. The average molecular weight is 159 g/mol. The Bertz CT molecular complexity index is 112. The molecule has 1 heterocycles. The lowest BCUT2D eigenvalue weighted by atomic mass is 10.2. The van der Waals surface area contributed by atoms with Crippen molar-refractivity contribution in [2.24, 2.45) is 0 Å². The van der Waals surface area contributed by atoms with Crippen molar-refractivity contribution in [2.75, 3.05) is 18.1 Å². The van der Waals surface area contributed by atoms with E-state index in [0.717, 1.165) is 18.7 Å². The van der Waals surface area contributed by atoms with E-state index in [4.69, 9.17) is 0 Å². The lowest BCUT2D eigenvalue weighted by Crippen LogP contribution is -2.33. The molecule has 0 aromatic carbocycles. The van der Waals surface area contributed by atoms with E-state index in [2.05, 4.69) is 0 Å². The summed E-state index contributed by atoms with van der Waals surface area (Å²) in [5.41, 5.74) is 0. The molecule has 1 aliphatic heterocycles. The Hall–Kier alpha value is -0.180. The van der Waals surface area contributed by atoms with Gasteiger partial charge in [-0.15, -0.1) is 0 Å². The van der Waals surface area contributed by atoms with Gasteiger partial charge in [-0.3, -0.25) is 4.79 Å². The average Bonchev–Trinajstić information content (AvgIpc) is 2.43. The van der Waals surface area contributed by atoms with Gasteiger partial charge in [0, 0.05) is 18.3 Å². The molecule has 2 nitrogen and oxygen atoms in total. The van der Waals surface area contributed by atoms with Crippen LogP contribution in [0.2, 0.25) is 0 Å². The van der Waals surface area contributed by atoms with E-state index in [1.807, 2.05) is 23.6 Å². The van der Waals surface area contributed by atoms with Crippen LogP contribution in [0.4, 0.5) is 0 Å². The normalized spacial score (nSPS) is 24.7. The smallest absolute Gasteiger partial charge is 0.209 e. The molecule has 0 aromatic heterocycles. The number of rotatable bonds is 3. The van der Waals surface area contributed by atoms with Gasteiger partial charge in [0.15, 0.2) is 0 Å². The first-order chi connectivity index (χ1) is 4.88. The highest BCUT2D eigenvalue weighted by Gasteiger charge is 2.19. The third kappa shape index (κ3) is 1.66. The molecule has 0 spiro atoms. The van der Waals surface area contributed by atoms with Crippen LogP contribution in [0, 0.1) is 0 Å². The van der Waals surface area contributed by atoms with Gasteiger partial charge in [0.25, 0.3) is 0 Å². The maximum absolute atomic E-state index is 10.4. The van der Waals surface area contributed by atoms with Gasteiger partial charge in [0.05, 0.1) is 0 Å². The van der Waals surface area contributed by atoms with Crippen molar-refractivity contribution in [1.29, 1.82) is 0 Å². The SMILES string of the molecule is CCN(C=O)[C@@H]1CCSC1. The van der Waals surface area contributed by atoms with Gasteiger partial charge in [-0.25, -0.2) is 0 Å². The highest BCUT2D eigenvalue weighted by molar-refractivity contribution is 7.99. The second-order valence-corrected chi connectivity index (χ2v) is 3.60. The fourth-order valence-electron chi connectivity index (χ4n) is 1.20. The molecule has 10 heavy (non-hydrogen) atoms. The quantitative estimate of drug-likeness (QED) is 0.572. The molecule has 1 saturated heterocycles. The summed E-state index contributed by atoms with van der Waals surface area (Å²) in [6, 6.07) is 0.521. The van der Waals surface area contributed by atoms with Crippen molar-refractivity contribution >= 4 is 18.2 Å². The molecule has 0 aromatic rings. The number of hydrogen-bond acceptors (Lipinski definition) is 2. The molecule has 0 radical (unpaired) electrons. The Morgan fingerprint density at radius 1 is 1.80 bits per heavy atom. The van der Waals surface area contributed by atoms with Gasteiger partial charge in [-0.05, 0) is 19.1 Å². The Labute approximate surface area is 66.0 Å². The van der Waals surface area contributed by atoms with E-state index in [0.29, 0.717) is 6.04 Å². The molecule has 1 rings (SSSR count). The van der Waals surface area contributed by atoms with Crippen LogP contribution in [0.3, 0.4) is 0 Å². The molecule has 0 aliphatic carbocycles. The summed E-state index contributed by atoms with van der Waals surface area (Å²) >= 11 is 1.94. The molecular weight excluding hydrogens is 146 g/mol. The summed E-state index contributed by atoms with van der Waals surface area (Å²) in [6.45, 7) is 2.88. The second kappa shape index (κ2) is 3.86. The van der Waals surface area contributed by atoms with E-state index < -0.39 is 0 Å². The Morgan fingerprint density at radius 2 is 2.60 bits per heavy atom. The highest BCUT2D eigenvalue weighted by Crippen LogP contribution is 2.20. The van der Waals surface area contributed by atoms with Crippen LogP contribution in [0.5, 0.6) is 0 Å². The predicted molar refractivity (Wildman–Crippen MR) is 44.2 cm³/mol. The minimum Gasteiger partial charge on any atom is -0.342 e. The lowest BCUT2D eigenvalue weighted by Gasteiger charge is -2.21. The van der Waals surface area contributed by atoms with Crippen LogP contribution in [0.25, 0.3) is 0 Å². The van der Waals surface area contributed by atoms with Crippen molar-refractivity contribution in [3.8, 4) is 0 Å². The zero-order valence-electron chi connectivity index (χ0n) is 6.25. The van der Waals surface area contributed by atoms with Crippen molar-refractivity contribution in [3.05, 3.63) is 0 Å². The Balaban J connectivity index is 2.36. The van der Waals surface area contributed by atoms with Gasteiger partial charge in [0.2, 0.25) is 6.41 Å². The highest BCUT2D eigenvalue weighted by atomic mass is 32.2. The lowest BCUT2D eigenvalue weighted by molar-refractivity contribution is -0.119. The minimum absolute atomic E-state index is 0.521. The first-order valence-electron chi connectivity index (χ1n) is 3.67. The first-order valence-corrected chi connectivity index (χ1v) is 4.82. The third-order valence-corrected chi connectivity index (χ3v) is 3.02. The number of nitrogens with zero attached hydrogens (tertiary/aromatic N) is 1. The van der Waals surface area contributed by atoms with Crippen LogP contribution >= 0.6 is 11.8 Å². The zero-order valence-corrected chi connectivity index (χ0v) is 7.06. The molecule has 0 bridgehead atoms. The molecule has 0 N–H and O–H groups in total. The van der Waals surface area contributed by atoms with Crippen LogP contribution in [0.15, 0.2) is 0 Å². The standard InChI is InChI=1S/C7H13NOS/c1-2-8(6-9)7-3-4-10-5-7/h6-7H,2-5H2,1H3/t7-/m1/s1. The monoisotopic (exact) mass is 159 g/mol. The van der Waals surface area contributed by atoms with Gasteiger partial charge in [-0.2, -0.15) is 11.8 Å². The van der Waals surface area contributed by atoms with Crippen LogP contribution in [-0.4, -0.2) is 35.4 Å². The molecule has 1 atom stereocenters. The topological polar surface area (TPSA) is 20.3 Å². The summed E-state index contributed by atoms with van der Waals surface area (Å²) in [7, 11) is 0. The number of carbonyl (C=O) groups excluding carboxylic acids is 1. The number of hydrogen-bond donors (Lipinski definition) is 0. The molecule has 3 heteroatoms. The van der Waals surface area contributed by atoms with Crippen molar-refractivity contribution in [2.45, 2.75) is 19.4 Å². The minimum atomic E-state index is 0.521. The van der Waals surface area contributed by atoms with E-state index in [9.17, 15) is 4.79 Å². The second-order valence-electron chi connectivity index (χ2n) is 2.45. The molecular formula is C7H13NOS. The molecule has 0 unspecified atom stereocenters. The maximum Gasteiger partial charge on any atom is 0.209 e. The van der Waals surface area contributed by atoms with Gasteiger partial charge in [-0.1, -0.05) is 0 Å². The first kappa shape index (κ1) is 7.92. The summed E-state index contributed by atoms with van der Waals surface area (Å²) in [6.07, 6.45) is 2.15. The predicted octanol–water partition coefficient (Wildman–Crippen LogP) is 0.970. The molecule has 0 saturated carbocycles. The van der Waals surface area contributed by atoms with Crippen molar-refractivity contribution in [3.63, 3.8) is 0 Å². The van der Waals surface area contributed by atoms with Crippen molar-refractivity contribution in [1.82, 2.24) is 4.90 Å². The van der Waals surface area contributed by atoms with E-state index in [1.165, 1.54) is 12.2 Å². The van der Waals surface area contributed by atoms with Gasteiger partial charge in [0.1, 0.15) is 0 Å². The van der Waals surface area contributed by atoms with Crippen molar-refractivity contribution < 1.29 is 4.79 Å². The van der Waals surface area contributed by atoms with Gasteiger partial charge < -0.3 is 4.90 Å². The molecule has 58 valence electrons. The number of amides is 1. The summed E-state index contributed by atoms with van der Waals surface area (Å²) < 4.78 is 0. The largest absolute Gasteiger partial charge is 0.342 e. The van der Waals surface area contributed by atoms with E-state index in [-0.39, 0.29) is 0 Å². The Morgan fingerprint density at radius 3 is 3.00 bits per heavy atom. The zero-order chi connectivity index (χ0) is 7.40. The molecule has 1 amide bonds. The Kier molecular flexibility index (Phi) is 3.06. The maximum atomic E-state index is 10.4. The number of carbonyl (C=O) groups is 1. The van der Waals surface area contributed by atoms with Crippen LogP contribution in [-0.2, 0) is 4.79 Å². The van der Waals surface area contributed by atoms with E-state index in [1.54, 1.807) is 0 Å². The van der Waals surface area contributed by atoms with Gasteiger partial charge >= 0.3 is 0 Å². The molecule has 1 aliphatic rings. The third-order valence-electron chi connectivity index (χ3n) is 1.88. The fourth-order valence-corrected chi connectivity index (χ4v) is 2.44. The van der Waals surface area contributed by atoms with E-state index >= 15 is 0 Å². The summed E-state index contributed by atoms with van der Waals surface area (Å²) in [5, 5.41) is 0. The van der Waals surface area contributed by atoms with Crippen LogP contribution < -0.4 is 0 Å². The number of thioether (sulfide) groups is 1. The van der Waals surface area contributed by atoms with Crippen LogP contribution in [0.1, 0.15) is 13.3 Å².